The highest BCUT2D eigenvalue weighted by atomic mass is 32.2. The molecule has 4 rings (SSSR count). The molecule has 0 radical (unpaired) electrons. The number of nitrogens with one attached hydrogen (secondary N) is 2. The standard InChI is InChI=1S/C21H25N3O4S.C9H13NO.C7H8.C2H6/c1-24(17-8-10-18(28-2)11-9-17)21(27)19(14-16-6-4-3-5-7-16)23-20(26)15-29-22-12-13-25;1-10(2)8-4-6-9(11-3)7-5-8;1-7-5-3-2-4-6-7;1-2/h3-11,13,19,22H,12,14-15H2,1-2H3,(H,23,26);4-7H,1-3H3;2-6H,1H3;1-2H3. The number of aldehydes is 1. The molecule has 0 saturated carbocycles. The molecule has 2 amide bonds. The number of hydrogen-bond donors (Lipinski definition) is 2. The molecule has 10 heteroatoms. The van der Waals surface area contributed by atoms with Gasteiger partial charge in [-0.05, 0) is 61.0 Å². The van der Waals surface area contributed by atoms with Gasteiger partial charge in [-0.3, -0.25) is 14.3 Å². The summed E-state index contributed by atoms with van der Waals surface area (Å²) in [6, 6.07) is 34.2. The zero-order chi connectivity index (χ0) is 36.4. The van der Waals surface area contributed by atoms with Crippen molar-refractivity contribution >= 4 is 41.4 Å². The van der Waals surface area contributed by atoms with E-state index in [4.69, 9.17) is 9.47 Å². The van der Waals surface area contributed by atoms with Gasteiger partial charge in [0.1, 0.15) is 23.8 Å². The highest BCUT2D eigenvalue weighted by molar-refractivity contribution is 7.98. The van der Waals surface area contributed by atoms with Gasteiger partial charge in [-0.25, -0.2) is 0 Å². The summed E-state index contributed by atoms with van der Waals surface area (Å²) in [4.78, 5) is 39.3. The molecule has 264 valence electrons. The first-order valence-corrected chi connectivity index (χ1v) is 17.0. The van der Waals surface area contributed by atoms with Gasteiger partial charge in [0.05, 0.1) is 26.5 Å². The Labute approximate surface area is 297 Å². The van der Waals surface area contributed by atoms with Crippen LogP contribution in [-0.4, -0.2) is 71.8 Å². The molecule has 4 aromatic rings. The zero-order valence-electron chi connectivity index (χ0n) is 30.0. The molecule has 0 heterocycles. The van der Waals surface area contributed by atoms with Crippen LogP contribution in [0.25, 0.3) is 0 Å². The minimum atomic E-state index is -0.719. The topological polar surface area (TPSA) is 100 Å². The number of carbonyl (C=O) groups is 3. The van der Waals surface area contributed by atoms with E-state index in [1.807, 2.05) is 101 Å². The molecule has 0 aromatic heterocycles. The third kappa shape index (κ3) is 17.2. The molecule has 9 nitrogen and oxygen atoms in total. The minimum Gasteiger partial charge on any atom is -0.497 e. The van der Waals surface area contributed by atoms with Crippen LogP contribution >= 0.6 is 11.9 Å². The summed E-state index contributed by atoms with van der Waals surface area (Å²) >= 11 is 1.12. The fraction of sp³-hybridized carbons (Fsp3) is 0.308. The van der Waals surface area contributed by atoms with E-state index >= 15 is 0 Å². The van der Waals surface area contributed by atoms with Gasteiger partial charge in [0.25, 0.3) is 0 Å². The smallest absolute Gasteiger partial charge is 0.249 e. The molecule has 0 fully saturated rings. The van der Waals surface area contributed by atoms with Gasteiger partial charge in [0, 0.05) is 38.9 Å². The molecule has 0 spiro atoms. The van der Waals surface area contributed by atoms with Crippen LogP contribution in [0.3, 0.4) is 0 Å². The van der Waals surface area contributed by atoms with E-state index in [0.29, 0.717) is 17.9 Å². The SMILES string of the molecule is CC.COc1ccc(N(C)C(=O)C(Cc2ccccc2)NC(=O)CSNCC=O)cc1.COc1ccc(N(C)C)cc1.Cc1ccccc1. The number of benzene rings is 4. The summed E-state index contributed by atoms with van der Waals surface area (Å²) in [6.45, 7) is 6.24. The molecule has 49 heavy (non-hydrogen) atoms. The Balaban J connectivity index is 0.000000484. The number of nitrogens with zero attached hydrogens (tertiary/aromatic N) is 2. The van der Waals surface area contributed by atoms with Gasteiger partial charge < -0.3 is 29.4 Å². The number of likely N-dealkylation sites (N-methyl/N-ethyl adjacent to an activating group) is 1. The molecular formula is C39H52N4O5S. The number of carbonyl (C=O) groups excluding carboxylic acids is 3. The van der Waals surface area contributed by atoms with Crippen LogP contribution in [0.4, 0.5) is 11.4 Å². The highest BCUT2D eigenvalue weighted by Gasteiger charge is 2.25. The van der Waals surface area contributed by atoms with Crippen LogP contribution in [-0.2, 0) is 20.8 Å². The van der Waals surface area contributed by atoms with Gasteiger partial charge in [-0.2, -0.15) is 0 Å². The second-order valence-corrected chi connectivity index (χ2v) is 11.3. The summed E-state index contributed by atoms with van der Waals surface area (Å²) in [5.74, 6) is 1.18. The fourth-order valence-electron chi connectivity index (χ4n) is 4.08. The van der Waals surface area contributed by atoms with Crippen LogP contribution in [0, 0.1) is 6.92 Å². The maximum Gasteiger partial charge on any atom is 0.249 e. The lowest BCUT2D eigenvalue weighted by Gasteiger charge is -2.25. The van der Waals surface area contributed by atoms with E-state index in [9.17, 15) is 14.4 Å². The summed E-state index contributed by atoms with van der Waals surface area (Å²) in [7, 11) is 8.96. The number of hydrogen-bond acceptors (Lipinski definition) is 8. The van der Waals surface area contributed by atoms with Crippen LogP contribution in [0.5, 0.6) is 11.5 Å². The molecule has 1 atom stereocenters. The van der Waals surface area contributed by atoms with E-state index in [1.165, 1.54) is 16.2 Å². The number of anilines is 2. The summed E-state index contributed by atoms with van der Waals surface area (Å²) in [5, 5.41) is 2.81. The van der Waals surface area contributed by atoms with Crippen LogP contribution < -0.4 is 29.3 Å². The largest absolute Gasteiger partial charge is 0.497 e. The number of ether oxygens (including phenoxy) is 2. The van der Waals surface area contributed by atoms with Crippen LogP contribution in [0.2, 0.25) is 0 Å². The first-order valence-electron chi connectivity index (χ1n) is 16.0. The summed E-state index contributed by atoms with van der Waals surface area (Å²) in [6.07, 6.45) is 1.09. The Morgan fingerprint density at radius 1 is 0.755 bits per heavy atom. The molecule has 4 aromatic carbocycles. The Kier molecular flexibility index (Phi) is 21.8. The quantitative estimate of drug-likeness (QED) is 0.0921. The van der Waals surface area contributed by atoms with Crippen molar-refractivity contribution in [3.8, 4) is 11.5 Å². The van der Waals surface area contributed by atoms with E-state index in [2.05, 4.69) is 34.0 Å². The Hall–Kier alpha value is -4.80. The average Bonchev–Trinajstić information content (AvgIpc) is 3.14. The van der Waals surface area contributed by atoms with Crippen LogP contribution in [0.1, 0.15) is 25.0 Å². The maximum atomic E-state index is 13.1. The zero-order valence-corrected chi connectivity index (χ0v) is 30.8. The maximum absolute atomic E-state index is 13.1. The molecule has 0 aliphatic carbocycles. The van der Waals surface area contributed by atoms with Gasteiger partial charge in [0.15, 0.2) is 0 Å². The van der Waals surface area contributed by atoms with Crippen molar-refractivity contribution in [2.75, 3.05) is 57.5 Å². The lowest BCUT2D eigenvalue weighted by molar-refractivity contribution is -0.126. The normalized spacial score (nSPS) is 10.2. The number of rotatable bonds is 13. The first kappa shape index (κ1) is 42.2. The third-order valence-corrected chi connectivity index (χ3v) is 7.48. The monoisotopic (exact) mass is 688 g/mol. The predicted molar refractivity (Wildman–Crippen MR) is 205 cm³/mol. The minimum absolute atomic E-state index is 0.0959. The summed E-state index contributed by atoms with van der Waals surface area (Å²) in [5.41, 5.74) is 4.15. The van der Waals surface area contributed by atoms with Crippen molar-refractivity contribution in [2.45, 2.75) is 33.2 Å². The Bertz CT molecular complexity index is 1450. The van der Waals surface area contributed by atoms with Gasteiger partial charge in [-0.1, -0.05) is 92.0 Å². The lowest BCUT2D eigenvalue weighted by atomic mass is 10.0. The number of aryl methyl sites for hydroxylation is 1. The average molecular weight is 689 g/mol. The van der Waals surface area contributed by atoms with Crippen molar-refractivity contribution < 1.29 is 23.9 Å². The molecule has 0 bridgehead atoms. The molecule has 2 N–H and O–H groups in total. The highest BCUT2D eigenvalue weighted by Crippen LogP contribution is 2.20. The van der Waals surface area contributed by atoms with Gasteiger partial charge in [-0.15, -0.1) is 0 Å². The molecular weight excluding hydrogens is 637 g/mol. The van der Waals surface area contributed by atoms with Crippen molar-refractivity contribution in [1.29, 1.82) is 0 Å². The fourth-order valence-corrected chi connectivity index (χ4v) is 4.58. The van der Waals surface area contributed by atoms with Crippen molar-refractivity contribution in [3.05, 3.63) is 120 Å². The molecule has 0 saturated heterocycles. The van der Waals surface area contributed by atoms with E-state index in [-0.39, 0.29) is 24.1 Å². The first-order chi connectivity index (χ1) is 23.7. The predicted octanol–water partition coefficient (Wildman–Crippen LogP) is 6.60. The third-order valence-electron chi connectivity index (χ3n) is 6.71. The van der Waals surface area contributed by atoms with Gasteiger partial charge >= 0.3 is 0 Å². The molecule has 0 aliphatic rings. The van der Waals surface area contributed by atoms with Crippen LogP contribution in [0.15, 0.2) is 109 Å². The Morgan fingerprint density at radius 2 is 1.24 bits per heavy atom. The molecule has 1 unspecified atom stereocenters. The van der Waals surface area contributed by atoms with Gasteiger partial charge in [0.2, 0.25) is 11.8 Å². The van der Waals surface area contributed by atoms with Crippen molar-refractivity contribution in [2.24, 2.45) is 0 Å². The lowest BCUT2D eigenvalue weighted by Crippen LogP contribution is -2.49. The van der Waals surface area contributed by atoms with E-state index < -0.39 is 6.04 Å². The Morgan fingerprint density at radius 3 is 1.67 bits per heavy atom. The second kappa shape index (κ2) is 25.2. The molecule has 0 aliphatic heterocycles. The van der Waals surface area contributed by atoms with Crippen molar-refractivity contribution in [3.63, 3.8) is 0 Å². The van der Waals surface area contributed by atoms with E-state index in [1.54, 1.807) is 45.5 Å². The number of methoxy groups -OCH3 is 2. The van der Waals surface area contributed by atoms with E-state index in [0.717, 1.165) is 29.5 Å². The number of amides is 2. The van der Waals surface area contributed by atoms with Crippen molar-refractivity contribution in [1.82, 2.24) is 10.0 Å². The summed E-state index contributed by atoms with van der Waals surface area (Å²) < 4.78 is 12.9. The second-order valence-electron chi connectivity index (χ2n) is 10.5.